The van der Waals surface area contributed by atoms with Crippen LogP contribution in [0, 0.1) is 11.3 Å². The number of rotatable bonds is 5. The molecule has 5 nitrogen and oxygen atoms in total. The summed E-state index contributed by atoms with van der Waals surface area (Å²) in [5.41, 5.74) is 8.96. The molecular weight excluding hydrogens is 312 g/mol. The first-order valence-corrected chi connectivity index (χ1v) is 7.77. The van der Waals surface area contributed by atoms with Crippen molar-refractivity contribution < 1.29 is 4.74 Å². The molecule has 1 heterocycles. The number of hydrogen-bond acceptors (Lipinski definition) is 5. The predicted octanol–water partition coefficient (Wildman–Crippen LogP) is 3.98. The molecule has 0 bridgehead atoms. The number of ether oxygens (including phenoxy) is 1. The number of anilines is 2. The Bertz CT molecular complexity index is 971. The van der Waals surface area contributed by atoms with Gasteiger partial charge in [-0.1, -0.05) is 24.8 Å². The van der Waals surface area contributed by atoms with E-state index in [1.165, 1.54) is 0 Å². The van der Waals surface area contributed by atoms with Crippen LogP contribution < -0.4 is 15.8 Å². The normalized spacial score (nSPS) is 10.2. The Morgan fingerprint density at radius 3 is 2.68 bits per heavy atom. The van der Waals surface area contributed by atoms with Crippen LogP contribution in [0.25, 0.3) is 21.9 Å². The smallest absolute Gasteiger partial charge is 0.142 e. The summed E-state index contributed by atoms with van der Waals surface area (Å²) in [5, 5.41) is 14.3. The summed E-state index contributed by atoms with van der Waals surface area (Å²) in [4.78, 5) is 4.15. The second-order valence-electron chi connectivity index (χ2n) is 5.62. The van der Waals surface area contributed by atoms with Crippen molar-refractivity contribution in [3.63, 3.8) is 0 Å². The van der Waals surface area contributed by atoms with Gasteiger partial charge in [0, 0.05) is 29.3 Å². The van der Waals surface area contributed by atoms with Crippen LogP contribution in [0.4, 0.5) is 11.5 Å². The molecule has 0 aliphatic heterocycles. The van der Waals surface area contributed by atoms with Gasteiger partial charge in [0.05, 0.1) is 18.9 Å². The monoisotopic (exact) mass is 330 g/mol. The van der Waals surface area contributed by atoms with E-state index in [1.54, 1.807) is 19.4 Å². The average Bonchev–Trinajstić information content (AvgIpc) is 2.65. The molecule has 0 saturated carbocycles. The molecule has 0 saturated heterocycles. The summed E-state index contributed by atoms with van der Waals surface area (Å²) in [6.45, 7) is 4.07. The highest BCUT2D eigenvalue weighted by Gasteiger charge is 2.10. The van der Waals surface area contributed by atoms with Crippen molar-refractivity contribution in [2.75, 3.05) is 24.7 Å². The van der Waals surface area contributed by atoms with Gasteiger partial charge in [-0.3, -0.25) is 0 Å². The van der Waals surface area contributed by atoms with Gasteiger partial charge >= 0.3 is 0 Å². The fourth-order valence-corrected chi connectivity index (χ4v) is 2.64. The second kappa shape index (κ2) is 6.93. The minimum atomic E-state index is 0.361. The van der Waals surface area contributed by atoms with E-state index < -0.39 is 0 Å². The Kier molecular flexibility index (Phi) is 4.53. The molecule has 2 aromatic carbocycles. The van der Waals surface area contributed by atoms with Crippen LogP contribution in [0.3, 0.4) is 0 Å². The van der Waals surface area contributed by atoms with Crippen LogP contribution in [0.5, 0.6) is 5.75 Å². The van der Waals surface area contributed by atoms with Gasteiger partial charge in [-0.25, -0.2) is 4.98 Å². The first-order chi connectivity index (χ1) is 12.1. The molecule has 0 radical (unpaired) electrons. The maximum atomic E-state index is 8.93. The zero-order valence-corrected chi connectivity index (χ0v) is 13.9. The molecule has 5 heteroatoms. The van der Waals surface area contributed by atoms with Gasteiger partial charge in [0.25, 0.3) is 0 Å². The van der Waals surface area contributed by atoms with Crippen LogP contribution >= 0.6 is 0 Å². The number of aromatic nitrogens is 1. The number of nitrogens with two attached hydrogens (primary N) is 1. The summed E-state index contributed by atoms with van der Waals surface area (Å²) in [6, 6.07) is 15.8. The maximum absolute atomic E-state index is 8.93. The third-order valence-electron chi connectivity index (χ3n) is 3.96. The zero-order chi connectivity index (χ0) is 17.8. The lowest BCUT2D eigenvalue weighted by molar-refractivity contribution is 0.417. The fraction of sp³-hybridized carbons (Fsp3) is 0.100. The van der Waals surface area contributed by atoms with Gasteiger partial charge < -0.3 is 15.8 Å². The molecule has 0 aliphatic carbocycles. The van der Waals surface area contributed by atoms with E-state index in [9.17, 15) is 0 Å². The van der Waals surface area contributed by atoms with Crippen LogP contribution in [0.1, 0.15) is 0 Å². The summed E-state index contributed by atoms with van der Waals surface area (Å²) in [6.07, 6.45) is 1.75. The molecule has 124 valence electrons. The largest absolute Gasteiger partial charge is 0.495 e. The third kappa shape index (κ3) is 3.38. The van der Waals surface area contributed by atoms with Crippen molar-refractivity contribution in [1.29, 1.82) is 5.26 Å². The van der Waals surface area contributed by atoms with E-state index in [4.69, 9.17) is 15.7 Å². The molecule has 3 rings (SSSR count). The molecule has 3 N–H and O–H groups in total. The molecule has 0 atom stereocenters. The number of hydrogen-bond donors (Lipinski definition) is 2. The van der Waals surface area contributed by atoms with E-state index in [-0.39, 0.29) is 0 Å². The number of benzene rings is 2. The third-order valence-corrected chi connectivity index (χ3v) is 3.96. The Morgan fingerprint density at radius 2 is 2.00 bits per heavy atom. The lowest BCUT2D eigenvalue weighted by Gasteiger charge is -2.15. The summed E-state index contributed by atoms with van der Waals surface area (Å²) in [7, 11) is 1.62. The molecule has 0 aliphatic rings. The van der Waals surface area contributed by atoms with Crippen molar-refractivity contribution in [2.45, 2.75) is 0 Å². The van der Waals surface area contributed by atoms with Gasteiger partial charge in [-0.2, -0.15) is 5.26 Å². The van der Waals surface area contributed by atoms with Gasteiger partial charge in [0.1, 0.15) is 11.6 Å². The molecule has 0 spiro atoms. The van der Waals surface area contributed by atoms with Gasteiger partial charge in [0.2, 0.25) is 0 Å². The molecule has 0 fully saturated rings. The second-order valence-corrected chi connectivity index (χ2v) is 5.62. The van der Waals surface area contributed by atoms with E-state index in [0.717, 1.165) is 27.6 Å². The van der Waals surface area contributed by atoms with Crippen molar-refractivity contribution in [2.24, 2.45) is 0 Å². The number of pyridine rings is 1. The van der Waals surface area contributed by atoms with Crippen molar-refractivity contribution in [1.82, 2.24) is 4.98 Å². The average molecular weight is 330 g/mol. The molecule has 0 unspecified atom stereocenters. The quantitative estimate of drug-likeness (QED) is 0.691. The summed E-state index contributed by atoms with van der Waals surface area (Å²) >= 11 is 0. The SMILES string of the molecule is C=C(C#N)CNc1c(OC)ccc2ccc(-c3ccc(N)nc3)cc12. The lowest BCUT2D eigenvalue weighted by Crippen LogP contribution is -2.05. The summed E-state index contributed by atoms with van der Waals surface area (Å²) in [5.74, 6) is 1.20. The minimum absolute atomic E-state index is 0.361. The van der Waals surface area contributed by atoms with Gasteiger partial charge in [0.15, 0.2) is 0 Å². The number of nitriles is 1. The minimum Gasteiger partial charge on any atom is -0.495 e. The molecular formula is C20H18N4O. The first kappa shape index (κ1) is 16.3. The van der Waals surface area contributed by atoms with Gasteiger partial charge in [-0.05, 0) is 35.2 Å². The van der Waals surface area contributed by atoms with Crippen LogP contribution in [0.2, 0.25) is 0 Å². The maximum Gasteiger partial charge on any atom is 0.142 e. The Balaban J connectivity index is 2.11. The highest BCUT2D eigenvalue weighted by Crippen LogP contribution is 2.35. The fourth-order valence-electron chi connectivity index (χ4n) is 2.64. The number of methoxy groups -OCH3 is 1. The number of fused-ring (bicyclic) bond motifs is 1. The van der Waals surface area contributed by atoms with E-state index in [1.807, 2.05) is 36.4 Å². The van der Waals surface area contributed by atoms with Crippen molar-refractivity contribution in [3.8, 4) is 22.9 Å². The Hall–Kier alpha value is -3.52. The van der Waals surface area contributed by atoms with Crippen LogP contribution in [0.15, 0.2) is 60.8 Å². The highest BCUT2D eigenvalue weighted by atomic mass is 16.5. The molecule has 1 aromatic heterocycles. The number of nitrogens with one attached hydrogen (secondary N) is 1. The van der Waals surface area contributed by atoms with Crippen molar-refractivity contribution >= 4 is 22.3 Å². The van der Waals surface area contributed by atoms with E-state index in [0.29, 0.717) is 23.7 Å². The van der Waals surface area contributed by atoms with Gasteiger partial charge in [-0.15, -0.1) is 0 Å². The standard InChI is InChI=1S/C20H18N4O/c1-13(10-21)11-24-20-17-9-15(16-6-8-19(22)23-12-16)4-3-14(17)5-7-18(20)25-2/h3-9,12,24H,1,11H2,2H3,(H2,22,23). The Morgan fingerprint density at radius 1 is 1.24 bits per heavy atom. The lowest BCUT2D eigenvalue weighted by atomic mass is 10.0. The van der Waals surface area contributed by atoms with Crippen LogP contribution in [-0.4, -0.2) is 18.6 Å². The Labute approximate surface area is 146 Å². The molecule has 3 aromatic rings. The topological polar surface area (TPSA) is 84.0 Å². The zero-order valence-electron chi connectivity index (χ0n) is 13.9. The number of nitrogen functional groups attached to an aromatic ring is 1. The van der Waals surface area contributed by atoms with Crippen LogP contribution in [-0.2, 0) is 0 Å². The molecule has 0 amide bonds. The predicted molar refractivity (Wildman–Crippen MR) is 101 cm³/mol. The van der Waals surface area contributed by atoms with Crippen molar-refractivity contribution in [3.05, 3.63) is 60.8 Å². The summed E-state index contributed by atoms with van der Waals surface area (Å²) < 4.78 is 5.48. The first-order valence-electron chi connectivity index (χ1n) is 7.77. The van der Waals surface area contributed by atoms with E-state index >= 15 is 0 Å². The molecule has 25 heavy (non-hydrogen) atoms. The van der Waals surface area contributed by atoms with E-state index in [2.05, 4.69) is 22.9 Å². The highest BCUT2D eigenvalue weighted by molar-refractivity contribution is 5.99. The number of nitrogens with zero attached hydrogens (tertiary/aromatic N) is 2.